The van der Waals surface area contributed by atoms with Crippen LogP contribution >= 0.6 is 11.8 Å². The van der Waals surface area contributed by atoms with E-state index >= 15 is 0 Å². The normalized spacial score (nSPS) is 13.3. The van der Waals surface area contributed by atoms with E-state index in [0.29, 0.717) is 6.04 Å². The summed E-state index contributed by atoms with van der Waals surface area (Å²) in [5, 5.41) is 13.6. The number of benzene rings is 1. The van der Waals surface area contributed by atoms with Gasteiger partial charge in [0.05, 0.1) is 17.6 Å². The maximum atomic E-state index is 9.29. The van der Waals surface area contributed by atoms with Crippen LogP contribution in [0.15, 0.2) is 29.4 Å². The third-order valence-electron chi connectivity index (χ3n) is 2.86. The molecule has 4 nitrogen and oxygen atoms in total. The van der Waals surface area contributed by atoms with Crippen molar-refractivity contribution in [3.8, 4) is 0 Å². The number of aromatic nitrogens is 2. The first-order chi connectivity index (χ1) is 9.19. The highest BCUT2D eigenvalue weighted by Gasteiger charge is 2.09. The van der Waals surface area contributed by atoms with Gasteiger partial charge in [0.15, 0.2) is 5.16 Å². The van der Waals surface area contributed by atoms with E-state index < -0.39 is 0 Å². The molecule has 0 amide bonds. The summed E-state index contributed by atoms with van der Waals surface area (Å²) in [5.74, 6) is 0.935. The fraction of sp³-hybridized carbons (Fsp3) is 0.500. The fourth-order valence-electron chi connectivity index (χ4n) is 1.99. The first kappa shape index (κ1) is 14.4. The number of aliphatic hydroxyl groups is 1. The molecule has 0 aliphatic carbocycles. The van der Waals surface area contributed by atoms with Crippen LogP contribution in [0, 0.1) is 0 Å². The number of H-pyrrole nitrogens is 1. The van der Waals surface area contributed by atoms with Gasteiger partial charge in [-0.15, -0.1) is 0 Å². The van der Waals surface area contributed by atoms with Crippen LogP contribution in [0.3, 0.4) is 0 Å². The van der Waals surface area contributed by atoms with Gasteiger partial charge in [0.2, 0.25) is 0 Å². The summed E-state index contributed by atoms with van der Waals surface area (Å²) in [6, 6.07) is 8.59. The standard InChI is InChI=1S/C14H21N3OS/c1-10(2)15-11(9-18)7-8-19-14-16-12-5-3-4-6-13(12)17-14/h3-6,10-11,15,18H,7-9H2,1-2H3,(H,16,17). The smallest absolute Gasteiger partial charge is 0.166 e. The first-order valence-corrected chi connectivity index (χ1v) is 7.62. The molecule has 0 aliphatic heterocycles. The fourth-order valence-corrected chi connectivity index (χ4v) is 2.94. The number of hydrogen-bond acceptors (Lipinski definition) is 4. The lowest BCUT2D eigenvalue weighted by Crippen LogP contribution is -2.37. The van der Waals surface area contributed by atoms with Crippen LogP contribution in [0.4, 0.5) is 0 Å². The maximum absolute atomic E-state index is 9.29. The molecule has 1 heterocycles. The third kappa shape index (κ3) is 4.23. The zero-order chi connectivity index (χ0) is 13.7. The van der Waals surface area contributed by atoms with Gasteiger partial charge in [-0.2, -0.15) is 0 Å². The molecule has 0 saturated heterocycles. The molecular weight excluding hydrogens is 258 g/mol. The first-order valence-electron chi connectivity index (χ1n) is 6.63. The Balaban J connectivity index is 1.84. The number of nitrogens with zero attached hydrogens (tertiary/aromatic N) is 1. The Morgan fingerprint density at radius 3 is 2.84 bits per heavy atom. The number of rotatable bonds is 7. The molecule has 0 aliphatic rings. The van der Waals surface area contributed by atoms with E-state index in [-0.39, 0.29) is 12.6 Å². The predicted molar refractivity (Wildman–Crippen MR) is 80.6 cm³/mol. The summed E-state index contributed by atoms with van der Waals surface area (Å²) in [6.45, 7) is 4.36. The quantitative estimate of drug-likeness (QED) is 0.681. The van der Waals surface area contributed by atoms with Crippen molar-refractivity contribution < 1.29 is 5.11 Å². The van der Waals surface area contributed by atoms with Crippen LogP contribution in [0.1, 0.15) is 20.3 Å². The Morgan fingerprint density at radius 2 is 2.16 bits per heavy atom. The number of fused-ring (bicyclic) bond motifs is 1. The Labute approximate surface area is 118 Å². The van der Waals surface area contributed by atoms with Gasteiger partial charge in [-0.05, 0) is 18.6 Å². The van der Waals surface area contributed by atoms with Gasteiger partial charge in [-0.3, -0.25) is 0 Å². The summed E-state index contributed by atoms with van der Waals surface area (Å²) in [7, 11) is 0. The third-order valence-corrected chi connectivity index (χ3v) is 3.77. The van der Waals surface area contributed by atoms with E-state index in [0.717, 1.165) is 28.4 Å². The van der Waals surface area contributed by atoms with Crippen molar-refractivity contribution in [1.29, 1.82) is 0 Å². The van der Waals surface area contributed by atoms with E-state index in [9.17, 15) is 5.11 Å². The highest BCUT2D eigenvalue weighted by molar-refractivity contribution is 7.99. The van der Waals surface area contributed by atoms with Crippen molar-refractivity contribution in [3.63, 3.8) is 0 Å². The number of aliphatic hydroxyl groups excluding tert-OH is 1. The van der Waals surface area contributed by atoms with Crippen LogP contribution in [-0.2, 0) is 0 Å². The molecule has 0 bridgehead atoms. The minimum Gasteiger partial charge on any atom is -0.395 e. The second-order valence-electron chi connectivity index (χ2n) is 4.90. The van der Waals surface area contributed by atoms with Crippen molar-refractivity contribution in [2.75, 3.05) is 12.4 Å². The molecule has 2 rings (SSSR count). The topological polar surface area (TPSA) is 60.9 Å². The van der Waals surface area contributed by atoms with E-state index in [1.807, 2.05) is 24.3 Å². The molecule has 0 fully saturated rings. The molecular formula is C14H21N3OS. The average molecular weight is 279 g/mol. The number of imidazole rings is 1. The van der Waals surface area contributed by atoms with Crippen molar-refractivity contribution in [2.24, 2.45) is 0 Å². The molecule has 0 radical (unpaired) electrons. The Bertz CT molecular complexity index is 479. The molecule has 104 valence electrons. The zero-order valence-electron chi connectivity index (χ0n) is 11.4. The van der Waals surface area contributed by atoms with Crippen molar-refractivity contribution in [3.05, 3.63) is 24.3 Å². The Hall–Kier alpha value is -1.04. The highest BCUT2D eigenvalue weighted by Crippen LogP contribution is 2.20. The second kappa shape index (κ2) is 6.93. The van der Waals surface area contributed by atoms with Gasteiger partial charge in [0.25, 0.3) is 0 Å². The van der Waals surface area contributed by atoms with E-state index in [1.54, 1.807) is 11.8 Å². The summed E-state index contributed by atoms with van der Waals surface area (Å²) in [5.41, 5.74) is 2.08. The van der Waals surface area contributed by atoms with Crippen LogP contribution in [0.5, 0.6) is 0 Å². The molecule has 1 unspecified atom stereocenters. The van der Waals surface area contributed by atoms with Gasteiger partial charge in [0.1, 0.15) is 0 Å². The average Bonchev–Trinajstić information content (AvgIpc) is 2.79. The lowest BCUT2D eigenvalue weighted by atomic mass is 10.2. The van der Waals surface area contributed by atoms with Crippen molar-refractivity contribution in [2.45, 2.75) is 37.5 Å². The molecule has 5 heteroatoms. The van der Waals surface area contributed by atoms with Gasteiger partial charge in [-0.1, -0.05) is 37.7 Å². The minimum absolute atomic E-state index is 0.164. The number of nitrogens with one attached hydrogen (secondary N) is 2. The molecule has 2 aromatic rings. The molecule has 1 aromatic heterocycles. The SMILES string of the molecule is CC(C)NC(CO)CCSc1nc2ccccc2[nH]1. The largest absolute Gasteiger partial charge is 0.395 e. The molecule has 3 N–H and O–H groups in total. The molecule has 1 atom stereocenters. The number of para-hydroxylation sites is 2. The molecule has 1 aromatic carbocycles. The number of aromatic amines is 1. The van der Waals surface area contributed by atoms with E-state index in [4.69, 9.17) is 0 Å². The van der Waals surface area contributed by atoms with Crippen molar-refractivity contribution >= 4 is 22.8 Å². The summed E-state index contributed by atoms with van der Waals surface area (Å²) in [4.78, 5) is 7.82. The van der Waals surface area contributed by atoms with E-state index in [2.05, 4.69) is 29.1 Å². The van der Waals surface area contributed by atoms with Crippen LogP contribution in [0.2, 0.25) is 0 Å². The molecule has 0 saturated carbocycles. The minimum atomic E-state index is 0.164. The van der Waals surface area contributed by atoms with Gasteiger partial charge >= 0.3 is 0 Å². The Kier molecular flexibility index (Phi) is 5.24. The van der Waals surface area contributed by atoms with Crippen LogP contribution < -0.4 is 5.32 Å². The van der Waals surface area contributed by atoms with Gasteiger partial charge in [0, 0.05) is 17.8 Å². The highest BCUT2D eigenvalue weighted by atomic mass is 32.2. The molecule has 0 spiro atoms. The maximum Gasteiger partial charge on any atom is 0.166 e. The van der Waals surface area contributed by atoms with Gasteiger partial charge in [-0.25, -0.2) is 4.98 Å². The lowest BCUT2D eigenvalue weighted by molar-refractivity contribution is 0.232. The number of thioether (sulfide) groups is 1. The Morgan fingerprint density at radius 1 is 1.37 bits per heavy atom. The lowest BCUT2D eigenvalue weighted by Gasteiger charge is -2.18. The number of hydrogen-bond donors (Lipinski definition) is 3. The second-order valence-corrected chi connectivity index (χ2v) is 5.98. The predicted octanol–water partition coefficient (Wildman–Crippen LogP) is 2.40. The van der Waals surface area contributed by atoms with E-state index in [1.165, 1.54) is 0 Å². The monoisotopic (exact) mass is 279 g/mol. The summed E-state index contributed by atoms with van der Waals surface area (Å²) in [6.07, 6.45) is 0.927. The zero-order valence-corrected chi connectivity index (χ0v) is 12.2. The summed E-state index contributed by atoms with van der Waals surface area (Å²) < 4.78 is 0. The molecule has 19 heavy (non-hydrogen) atoms. The van der Waals surface area contributed by atoms with Crippen LogP contribution in [-0.4, -0.2) is 39.5 Å². The summed E-state index contributed by atoms with van der Waals surface area (Å²) >= 11 is 1.70. The van der Waals surface area contributed by atoms with Gasteiger partial charge < -0.3 is 15.4 Å². The van der Waals surface area contributed by atoms with Crippen molar-refractivity contribution in [1.82, 2.24) is 15.3 Å². The van der Waals surface area contributed by atoms with Crippen LogP contribution in [0.25, 0.3) is 11.0 Å².